The van der Waals surface area contributed by atoms with E-state index in [4.69, 9.17) is 0 Å². The monoisotopic (exact) mass is 467 g/mol. The lowest BCUT2D eigenvalue weighted by Gasteiger charge is -2.19. The van der Waals surface area contributed by atoms with Crippen molar-refractivity contribution in [2.24, 2.45) is 0 Å². The van der Waals surface area contributed by atoms with Crippen LogP contribution in [0.4, 0.5) is 5.69 Å². The number of benzene rings is 2. The highest BCUT2D eigenvalue weighted by Gasteiger charge is 2.19. The van der Waals surface area contributed by atoms with E-state index in [2.05, 4.69) is 41.4 Å². The van der Waals surface area contributed by atoms with Gasteiger partial charge in [-0.25, -0.2) is 13.2 Å². The van der Waals surface area contributed by atoms with E-state index in [9.17, 15) is 18.3 Å². The number of anilines is 1. The van der Waals surface area contributed by atoms with Crippen LogP contribution in [0, 0.1) is 0 Å². The van der Waals surface area contributed by atoms with Crippen molar-refractivity contribution in [1.82, 2.24) is 0 Å². The van der Waals surface area contributed by atoms with Crippen LogP contribution in [0.1, 0.15) is 36.0 Å². The maximum Gasteiger partial charge on any atom is 0.347 e. The molecular formula is C19H18BrNO4S2. The number of carboxylic acid groups (broad SMARTS) is 1. The van der Waals surface area contributed by atoms with Crippen LogP contribution in [0.3, 0.4) is 0 Å². The lowest BCUT2D eigenvalue weighted by Crippen LogP contribution is -2.14. The van der Waals surface area contributed by atoms with Gasteiger partial charge in [-0.3, -0.25) is 4.72 Å². The Labute approximate surface area is 170 Å². The molecule has 5 nitrogen and oxygen atoms in total. The molecule has 1 heterocycles. The highest BCUT2D eigenvalue weighted by atomic mass is 79.9. The van der Waals surface area contributed by atoms with Gasteiger partial charge in [0.2, 0.25) is 0 Å². The van der Waals surface area contributed by atoms with Crippen molar-refractivity contribution in [2.45, 2.75) is 31.1 Å². The highest BCUT2D eigenvalue weighted by molar-refractivity contribution is 9.10. The molecule has 0 aliphatic rings. The number of aromatic carboxylic acids is 1. The number of hydrogen-bond donors (Lipinski definition) is 2. The summed E-state index contributed by atoms with van der Waals surface area (Å²) >= 11 is 4.43. The van der Waals surface area contributed by atoms with Crippen molar-refractivity contribution < 1.29 is 18.3 Å². The molecule has 0 saturated heterocycles. The van der Waals surface area contributed by atoms with Crippen LogP contribution in [0.5, 0.6) is 0 Å². The summed E-state index contributed by atoms with van der Waals surface area (Å²) in [7, 11) is -3.74. The minimum atomic E-state index is -3.74. The van der Waals surface area contributed by atoms with Gasteiger partial charge in [-0.15, -0.1) is 11.3 Å². The molecule has 1 aromatic heterocycles. The van der Waals surface area contributed by atoms with E-state index in [1.807, 2.05) is 12.1 Å². The van der Waals surface area contributed by atoms with Gasteiger partial charge in [-0.2, -0.15) is 0 Å². The minimum Gasteiger partial charge on any atom is -0.477 e. The van der Waals surface area contributed by atoms with Crippen LogP contribution in [0.15, 0.2) is 51.8 Å². The fourth-order valence-electron chi connectivity index (χ4n) is 2.62. The summed E-state index contributed by atoms with van der Waals surface area (Å²) in [5, 5.41) is 9.87. The number of hydrogen-bond acceptors (Lipinski definition) is 4. The van der Waals surface area contributed by atoms with Crippen LogP contribution in [0.2, 0.25) is 0 Å². The van der Waals surface area contributed by atoms with E-state index in [0.29, 0.717) is 15.5 Å². The summed E-state index contributed by atoms with van der Waals surface area (Å²) in [6.07, 6.45) is 0. The first-order valence-corrected chi connectivity index (χ1v) is 11.2. The first kappa shape index (κ1) is 19.9. The van der Waals surface area contributed by atoms with Crippen molar-refractivity contribution in [3.05, 3.63) is 57.4 Å². The molecule has 0 unspecified atom stereocenters. The minimum absolute atomic E-state index is 0.0617. The Morgan fingerprint density at radius 2 is 1.74 bits per heavy atom. The Morgan fingerprint density at radius 3 is 2.30 bits per heavy atom. The second-order valence-corrected chi connectivity index (χ2v) is 10.7. The molecule has 0 spiro atoms. The van der Waals surface area contributed by atoms with Gasteiger partial charge in [-0.05, 0) is 57.2 Å². The molecule has 142 valence electrons. The summed E-state index contributed by atoms with van der Waals surface area (Å²) in [5.74, 6) is -1.02. The first-order chi connectivity index (χ1) is 12.5. The molecule has 0 radical (unpaired) electrons. The number of thiophene rings is 1. The number of carbonyl (C=O) groups is 1. The zero-order valence-electron chi connectivity index (χ0n) is 14.9. The predicted molar refractivity (Wildman–Crippen MR) is 112 cm³/mol. The average molecular weight is 468 g/mol. The second kappa shape index (κ2) is 6.92. The van der Waals surface area contributed by atoms with E-state index >= 15 is 0 Å². The largest absolute Gasteiger partial charge is 0.477 e. The van der Waals surface area contributed by atoms with E-state index in [-0.39, 0.29) is 15.2 Å². The molecule has 3 rings (SSSR count). The molecule has 27 heavy (non-hydrogen) atoms. The maximum atomic E-state index is 12.7. The van der Waals surface area contributed by atoms with Crippen LogP contribution in [0.25, 0.3) is 10.1 Å². The van der Waals surface area contributed by atoms with Gasteiger partial charge < -0.3 is 5.11 Å². The summed E-state index contributed by atoms with van der Waals surface area (Å²) in [4.78, 5) is 11.6. The van der Waals surface area contributed by atoms with Crippen LogP contribution in [-0.2, 0) is 15.4 Å². The summed E-state index contributed by atoms with van der Waals surface area (Å²) in [6, 6.07) is 11.8. The molecular weight excluding hydrogens is 450 g/mol. The fourth-order valence-corrected chi connectivity index (χ4v) is 5.45. The van der Waals surface area contributed by atoms with Gasteiger partial charge >= 0.3 is 5.97 Å². The topological polar surface area (TPSA) is 83.5 Å². The molecule has 0 fully saturated rings. The van der Waals surface area contributed by atoms with Crippen LogP contribution < -0.4 is 4.72 Å². The van der Waals surface area contributed by atoms with Gasteiger partial charge in [0, 0.05) is 15.8 Å². The third-order valence-electron chi connectivity index (χ3n) is 4.10. The lowest BCUT2D eigenvalue weighted by atomic mass is 9.87. The third-order valence-corrected chi connectivity index (χ3v) is 7.75. The highest BCUT2D eigenvalue weighted by Crippen LogP contribution is 2.37. The Kier molecular flexibility index (Phi) is 5.09. The Morgan fingerprint density at radius 1 is 1.11 bits per heavy atom. The molecule has 0 aliphatic heterocycles. The van der Waals surface area contributed by atoms with Crippen molar-refractivity contribution in [3.8, 4) is 0 Å². The Balaban J connectivity index is 1.93. The van der Waals surface area contributed by atoms with Gasteiger partial charge in [-0.1, -0.05) is 32.9 Å². The Hall–Kier alpha value is -1.90. The van der Waals surface area contributed by atoms with Gasteiger partial charge in [0.15, 0.2) is 0 Å². The fraction of sp³-hybridized carbons (Fsp3) is 0.211. The van der Waals surface area contributed by atoms with Gasteiger partial charge in [0.1, 0.15) is 4.88 Å². The van der Waals surface area contributed by atoms with E-state index < -0.39 is 16.0 Å². The van der Waals surface area contributed by atoms with Crippen molar-refractivity contribution in [1.29, 1.82) is 0 Å². The number of nitrogens with one attached hydrogen (secondary N) is 1. The average Bonchev–Trinajstić information content (AvgIpc) is 2.91. The van der Waals surface area contributed by atoms with Crippen molar-refractivity contribution in [2.75, 3.05) is 4.72 Å². The third kappa shape index (κ3) is 4.02. The number of halogens is 1. The van der Waals surface area contributed by atoms with Gasteiger partial charge in [0.25, 0.3) is 10.0 Å². The summed E-state index contributed by atoms with van der Waals surface area (Å²) in [5.41, 5.74) is 1.36. The molecule has 0 bridgehead atoms. The SMILES string of the molecule is CC(C)(C)c1ccc(S(=O)(=O)Nc2ccc3sc(C(=O)O)c(Br)c3c2)cc1. The second-order valence-electron chi connectivity index (χ2n) is 7.14. The van der Waals surface area contributed by atoms with E-state index in [1.54, 1.807) is 30.3 Å². The Bertz CT molecular complexity index is 1130. The smallest absolute Gasteiger partial charge is 0.347 e. The van der Waals surface area contributed by atoms with Crippen molar-refractivity contribution in [3.63, 3.8) is 0 Å². The standard InChI is InChI=1S/C19H18BrNO4S2/c1-19(2,3)11-4-7-13(8-5-11)27(24,25)21-12-6-9-15-14(10-12)16(20)17(26-15)18(22)23/h4-10,21H,1-3H3,(H,22,23). The molecule has 0 aliphatic carbocycles. The predicted octanol–water partition coefficient (Wildman–Crippen LogP) is 5.46. The first-order valence-electron chi connectivity index (χ1n) is 8.08. The van der Waals surface area contributed by atoms with E-state index in [0.717, 1.165) is 21.6 Å². The van der Waals surface area contributed by atoms with Crippen LogP contribution in [-0.4, -0.2) is 19.5 Å². The van der Waals surface area contributed by atoms with E-state index in [1.165, 1.54) is 0 Å². The molecule has 0 atom stereocenters. The number of sulfonamides is 1. The number of fused-ring (bicyclic) bond motifs is 1. The van der Waals surface area contributed by atoms with Gasteiger partial charge in [0.05, 0.1) is 9.37 Å². The molecule has 0 saturated carbocycles. The molecule has 2 aromatic carbocycles. The zero-order valence-corrected chi connectivity index (χ0v) is 18.1. The normalized spacial score (nSPS) is 12.3. The van der Waals surface area contributed by atoms with Crippen molar-refractivity contribution >= 4 is 59.0 Å². The number of rotatable bonds is 4. The maximum absolute atomic E-state index is 12.7. The molecule has 3 aromatic rings. The molecule has 0 amide bonds. The number of carboxylic acids is 1. The zero-order chi connectivity index (χ0) is 20.0. The van der Waals surface area contributed by atoms with Crippen LogP contribution >= 0.6 is 27.3 Å². The molecule has 2 N–H and O–H groups in total. The lowest BCUT2D eigenvalue weighted by molar-refractivity contribution is 0.0701. The quantitative estimate of drug-likeness (QED) is 0.533. The summed E-state index contributed by atoms with van der Waals surface area (Å²) < 4.78 is 29.1. The summed E-state index contributed by atoms with van der Waals surface area (Å²) in [6.45, 7) is 6.19. The molecule has 8 heteroatoms.